The predicted octanol–water partition coefficient (Wildman–Crippen LogP) is 6.24. The van der Waals surface area contributed by atoms with E-state index in [0.29, 0.717) is 21.5 Å². The second-order valence-electron chi connectivity index (χ2n) is 5.56. The first-order chi connectivity index (χ1) is 11.4. The first-order valence-corrected chi connectivity index (χ1v) is 8.54. The Bertz CT molecular complexity index is 744. The highest BCUT2D eigenvalue weighted by molar-refractivity contribution is 6.32. The van der Waals surface area contributed by atoms with Gasteiger partial charge < -0.3 is 9.47 Å². The second-order valence-corrected chi connectivity index (χ2v) is 6.40. The van der Waals surface area contributed by atoms with Gasteiger partial charge >= 0.3 is 0 Å². The Morgan fingerprint density at radius 3 is 2.62 bits per heavy atom. The molecule has 0 spiro atoms. The average molecular weight is 366 g/mol. The van der Waals surface area contributed by atoms with Gasteiger partial charge in [0, 0.05) is 11.2 Å². The van der Waals surface area contributed by atoms with Crippen molar-refractivity contribution in [2.24, 2.45) is 4.99 Å². The Hall–Kier alpha value is -1.71. The number of benzene rings is 2. The van der Waals surface area contributed by atoms with Gasteiger partial charge in [0.15, 0.2) is 11.5 Å². The van der Waals surface area contributed by atoms with Gasteiger partial charge in [-0.2, -0.15) is 0 Å². The maximum absolute atomic E-state index is 6.36. The average Bonchev–Trinajstić information content (AvgIpc) is 2.57. The topological polar surface area (TPSA) is 30.8 Å². The second kappa shape index (κ2) is 8.41. The summed E-state index contributed by atoms with van der Waals surface area (Å²) in [5.41, 5.74) is 2.69. The van der Waals surface area contributed by atoms with Gasteiger partial charge in [0.05, 0.1) is 23.9 Å². The number of aryl methyl sites for hydroxylation is 1. The molecule has 5 heteroatoms. The Balaban J connectivity index is 2.33. The van der Waals surface area contributed by atoms with E-state index in [-0.39, 0.29) is 6.10 Å². The Morgan fingerprint density at radius 1 is 1.21 bits per heavy atom. The van der Waals surface area contributed by atoms with E-state index < -0.39 is 0 Å². The van der Waals surface area contributed by atoms with E-state index in [1.165, 1.54) is 0 Å². The zero-order valence-electron chi connectivity index (χ0n) is 14.3. The fraction of sp³-hybridized carbons (Fsp3) is 0.316. The summed E-state index contributed by atoms with van der Waals surface area (Å²) in [6.07, 6.45) is 2.68. The van der Waals surface area contributed by atoms with Crippen molar-refractivity contribution in [3.05, 3.63) is 51.5 Å². The number of halogens is 2. The lowest BCUT2D eigenvalue weighted by Crippen LogP contribution is -2.11. The van der Waals surface area contributed by atoms with Gasteiger partial charge in [0.25, 0.3) is 0 Å². The van der Waals surface area contributed by atoms with Crippen molar-refractivity contribution in [2.75, 3.05) is 7.11 Å². The van der Waals surface area contributed by atoms with Crippen LogP contribution < -0.4 is 9.47 Å². The van der Waals surface area contributed by atoms with Crippen molar-refractivity contribution in [1.82, 2.24) is 0 Å². The van der Waals surface area contributed by atoms with Crippen LogP contribution in [-0.2, 0) is 0 Å². The van der Waals surface area contributed by atoms with E-state index in [0.717, 1.165) is 23.2 Å². The number of nitrogens with zero attached hydrogens (tertiary/aromatic N) is 1. The summed E-state index contributed by atoms with van der Waals surface area (Å²) in [6, 6.07) is 9.27. The lowest BCUT2D eigenvalue weighted by Gasteiger charge is -2.17. The van der Waals surface area contributed by atoms with Crippen LogP contribution in [-0.4, -0.2) is 19.4 Å². The zero-order valence-corrected chi connectivity index (χ0v) is 15.8. The Kier molecular flexibility index (Phi) is 6.52. The zero-order chi connectivity index (χ0) is 17.7. The van der Waals surface area contributed by atoms with E-state index in [9.17, 15) is 0 Å². The molecule has 0 heterocycles. The fourth-order valence-corrected chi connectivity index (χ4v) is 2.51. The molecule has 2 rings (SSSR count). The maximum Gasteiger partial charge on any atom is 0.180 e. The van der Waals surface area contributed by atoms with E-state index in [4.69, 9.17) is 32.7 Å². The third-order valence-corrected chi connectivity index (χ3v) is 4.19. The maximum atomic E-state index is 6.36. The van der Waals surface area contributed by atoms with Gasteiger partial charge in [-0.1, -0.05) is 36.2 Å². The number of aliphatic imine (C=N–C) groups is 1. The van der Waals surface area contributed by atoms with Crippen LogP contribution in [0.1, 0.15) is 31.4 Å². The molecule has 2 aromatic carbocycles. The van der Waals surface area contributed by atoms with Crippen LogP contribution in [0.25, 0.3) is 0 Å². The molecule has 0 aromatic heterocycles. The highest BCUT2D eigenvalue weighted by Gasteiger charge is 2.14. The monoisotopic (exact) mass is 365 g/mol. The Labute approximate surface area is 153 Å². The summed E-state index contributed by atoms with van der Waals surface area (Å²) in [5, 5.41) is 1.15. The molecule has 24 heavy (non-hydrogen) atoms. The number of hydrogen-bond donors (Lipinski definition) is 0. The normalized spacial score (nSPS) is 12.4. The molecule has 0 radical (unpaired) electrons. The van der Waals surface area contributed by atoms with Gasteiger partial charge in [-0.05, 0) is 55.7 Å². The van der Waals surface area contributed by atoms with Crippen LogP contribution >= 0.6 is 23.2 Å². The SMILES string of the molecule is CC[C@H](C)Oc1c(Cl)cc(C=Nc2cc(Cl)ccc2C)cc1OC. The van der Waals surface area contributed by atoms with Crippen LogP contribution in [0.2, 0.25) is 10.0 Å². The Morgan fingerprint density at radius 2 is 1.96 bits per heavy atom. The number of rotatable bonds is 6. The van der Waals surface area contributed by atoms with Crippen molar-refractivity contribution in [2.45, 2.75) is 33.3 Å². The molecule has 0 bridgehead atoms. The van der Waals surface area contributed by atoms with E-state index in [1.54, 1.807) is 13.3 Å². The van der Waals surface area contributed by atoms with Crippen LogP contribution in [0.4, 0.5) is 5.69 Å². The molecular weight excluding hydrogens is 345 g/mol. The molecule has 0 amide bonds. The smallest absolute Gasteiger partial charge is 0.180 e. The van der Waals surface area contributed by atoms with Crippen molar-refractivity contribution in [1.29, 1.82) is 0 Å². The highest BCUT2D eigenvalue weighted by Crippen LogP contribution is 2.37. The van der Waals surface area contributed by atoms with E-state index in [2.05, 4.69) is 11.9 Å². The van der Waals surface area contributed by atoms with Crippen molar-refractivity contribution < 1.29 is 9.47 Å². The van der Waals surface area contributed by atoms with Crippen LogP contribution in [0.15, 0.2) is 35.3 Å². The van der Waals surface area contributed by atoms with Gasteiger partial charge in [0.2, 0.25) is 0 Å². The first kappa shape index (κ1) is 18.6. The minimum atomic E-state index is 0.0602. The molecule has 1 atom stereocenters. The molecule has 3 nitrogen and oxygen atoms in total. The number of methoxy groups -OCH3 is 1. The predicted molar refractivity (Wildman–Crippen MR) is 102 cm³/mol. The molecule has 0 fully saturated rings. The lowest BCUT2D eigenvalue weighted by atomic mass is 10.2. The van der Waals surface area contributed by atoms with E-state index in [1.807, 2.05) is 44.2 Å². The van der Waals surface area contributed by atoms with Crippen molar-refractivity contribution >= 4 is 35.1 Å². The molecule has 128 valence electrons. The first-order valence-electron chi connectivity index (χ1n) is 7.79. The largest absolute Gasteiger partial charge is 0.493 e. The summed E-state index contributed by atoms with van der Waals surface area (Å²) in [7, 11) is 1.59. The highest BCUT2D eigenvalue weighted by atomic mass is 35.5. The van der Waals surface area contributed by atoms with Gasteiger partial charge in [-0.3, -0.25) is 4.99 Å². The van der Waals surface area contributed by atoms with Crippen LogP contribution in [0, 0.1) is 6.92 Å². The molecule has 0 aliphatic carbocycles. The van der Waals surface area contributed by atoms with Gasteiger partial charge in [-0.15, -0.1) is 0 Å². The van der Waals surface area contributed by atoms with Crippen molar-refractivity contribution in [3.8, 4) is 11.5 Å². The van der Waals surface area contributed by atoms with Crippen molar-refractivity contribution in [3.63, 3.8) is 0 Å². The minimum Gasteiger partial charge on any atom is -0.493 e. The molecule has 0 unspecified atom stereocenters. The molecular formula is C19H21Cl2NO2. The number of hydrogen-bond acceptors (Lipinski definition) is 3. The third-order valence-electron chi connectivity index (χ3n) is 3.67. The number of ether oxygens (including phenoxy) is 2. The van der Waals surface area contributed by atoms with E-state index >= 15 is 0 Å². The summed E-state index contributed by atoms with van der Waals surface area (Å²) in [6.45, 7) is 6.03. The summed E-state index contributed by atoms with van der Waals surface area (Å²) >= 11 is 12.4. The third kappa shape index (κ3) is 4.65. The molecule has 0 aliphatic rings. The minimum absolute atomic E-state index is 0.0602. The summed E-state index contributed by atoms with van der Waals surface area (Å²) in [5.74, 6) is 1.15. The lowest BCUT2D eigenvalue weighted by molar-refractivity contribution is 0.208. The fourth-order valence-electron chi connectivity index (χ4n) is 2.08. The molecule has 0 aliphatic heterocycles. The summed E-state index contributed by atoms with van der Waals surface area (Å²) < 4.78 is 11.3. The van der Waals surface area contributed by atoms with Crippen LogP contribution in [0.5, 0.6) is 11.5 Å². The molecule has 0 N–H and O–H groups in total. The molecule has 0 saturated heterocycles. The molecule has 2 aromatic rings. The molecule has 0 saturated carbocycles. The summed E-state index contributed by atoms with van der Waals surface area (Å²) in [4.78, 5) is 4.50. The van der Waals surface area contributed by atoms with Crippen LogP contribution in [0.3, 0.4) is 0 Å². The standard InChI is InChI=1S/C19H21Cl2NO2/c1-5-13(3)24-19-16(21)8-14(9-18(19)23-4)11-22-17-10-15(20)7-6-12(17)2/h6-11,13H,5H2,1-4H3/t13-/m0/s1. The quantitative estimate of drug-likeness (QED) is 0.567. The van der Waals surface area contributed by atoms with Gasteiger partial charge in [-0.25, -0.2) is 0 Å². The van der Waals surface area contributed by atoms with Gasteiger partial charge in [0.1, 0.15) is 0 Å².